The Morgan fingerprint density at radius 1 is 0.907 bits per heavy atom. The van der Waals surface area contributed by atoms with Gasteiger partial charge in [0.2, 0.25) is 5.91 Å². The standard InChI is InChI=1S/C35H45N4O4/c1-3-4-11-27-38(36-24-22-29-18-20-31(42-2)21-19-29)34(40)23-28-43-35(41)39(37-25-12-6-13-26-37)33-17-10-9-16-32(33)30-14-7-5-8-15-30/h5-10,14-21,36H,3-4,11-13,22-28H2,1-2H3. The van der Waals surface area contributed by atoms with E-state index in [-0.39, 0.29) is 18.9 Å². The molecular formula is C35H45N4O4. The summed E-state index contributed by atoms with van der Waals surface area (Å²) in [7, 11) is 1.65. The van der Waals surface area contributed by atoms with Crippen LogP contribution in [0, 0.1) is 6.42 Å². The summed E-state index contributed by atoms with van der Waals surface area (Å²) in [5.74, 6) is 0.741. The van der Waals surface area contributed by atoms with E-state index in [1.165, 1.54) is 0 Å². The number of anilines is 1. The van der Waals surface area contributed by atoms with Crippen LogP contribution >= 0.6 is 0 Å². The number of nitrogens with one attached hydrogen (secondary N) is 1. The zero-order valence-electron chi connectivity index (χ0n) is 25.5. The van der Waals surface area contributed by atoms with Crippen molar-refractivity contribution in [3.63, 3.8) is 0 Å². The van der Waals surface area contributed by atoms with Crippen LogP contribution in [0.15, 0.2) is 78.9 Å². The van der Waals surface area contributed by atoms with Crippen molar-refractivity contribution >= 4 is 17.7 Å². The fourth-order valence-corrected chi connectivity index (χ4v) is 5.18. The van der Waals surface area contributed by atoms with Crippen molar-refractivity contribution in [2.75, 3.05) is 44.9 Å². The molecule has 0 unspecified atom stereocenters. The van der Waals surface area contributed by atoms with Crippen molar-refractivity contribution < 1.29 is 19.1 Å². The molecule has 1 radical (unpaired) electrons. The summed E-state index contributed by atoms with van der Waals surface area (Å²) >= 11 is 0. The molecule has 8 heteroatoms. The highest BCUT2D eigenvalue weighted by atomic mass is 16.6. The molecule has 43 heavy (non-hydrogen) atoms. The molecule has 0 bridgehead atoms. The molecule has 1 aliphatic rings. The second-order valence-corrected chi connectivity index (χ2v) is 10.6. The summed E-state index contributed by atoms with van der Waals surface area (Å²) in [6, 6.07) is 25.9. The lowest BCUT2D eigenvalue weighted by Gasteiger charge is -2.37. The molecule has 0 saturated carbocycles. The Morgan fingerprint density at radius 3 is 2.35 bits per heavy atom. The van der Waals surface area contributed by atoms with Crippen LogP contribution < -0.4 is 15.2 Å². The molecule has 0 aromatic heterocycles. The highest BCUT2D eigenvalue weighted by Gasteiger charge is 2.28. The maximum atomic E-state index is 13.7. The van der Waals surface area contributed by atoms with Gasteiger partial charge in [-0.05, 0) is 61.4 Å². The second kappa shape index (κ2) is 17.3. The number of rotatable bonds is 15. The van der Waals surface area contributed by atoms with Crippen LogP contribution in [0.3, 0.4) is 0 Å². The van der Waals surface area contributed by atoms with E-state index in [9.17, 15) is 9.59 Å². The summed E-state index contributed by atoms with van der Waals surface area (Å²) in [6.45, 7) is 4.84. The predicted molar refractivity (Wildman–Crippen MR) is 171 cm³/mol. The van der Waals surface area contributed by atoms with Gasteiger partial charge in [-0.3, -0.25) is 9.80 Å². The van der Waals surface area contributed by atoms with Gasteiger partial charge in [-0.1, -0.05) is 80.4 Å². The van der Waals surface area contributed by atoms with E-state index in [4.69, 9.17) is 9.47 Å². The quantitative estimate of drug-likeness (QED) is 0.159. The van der Waals surface area contributed by atoms with E-state index in [2.05, 4.69) is 18.8 Å². The van der Waals surface area contributed by atoms with Gasteiger partial charge >= 0.3 is 6.09 Å². The number of amides is 2. The van der Waals surface area contributed by atoms with Crippen LogP contribution in [0.1, 0.15) is 51.0 Å². The number of carbonyl (C=O) groups is 2. The number of unbranched alkanes of at least 4 members (excludes halogenated alkanes) is 2. The van der Waals surface area contributed by atoms with Gasteiger partial charge in [0, 0.05) is 31.7 Å². The molecular weight excluding hydrogens is 540 g/mol. The van der Waals surface area contributed by atoms with Gasteiger partial charge in [0.25, 0.3) is 0 Å². The minimum absolute atomic E-state index is 0.00603. The van der Waals surface area contributed by atoms with Crippen molar-refractivity contribution in [2.24, 2.45) is 0 Å². The third-order valence-corrected chi connectivity index (χ3v) is 7.56. The highest BCUT2D eigenvalue weighted by Crippen LogP contribution is 2.33. The number of nitrogens with zero attached hydrogens (tertiary/aromatic N) is 3. The molecule has 3 aromatic carbocycles. The van der Waals surface area contributed by atoms with Gasteiger partial charge in [0.15, 0.2) is 0 Å². The van der Waals surface area contributed by atoms with Gasteiger partial charge in [0.1, 0.15) is 12.4 Å². The Morgan fingerprint density at radius 2 is 1.63 bits per heavy atom. The van der Waals surface area contributed by atoms with Crippen LogP contribution in [0.4, 0.5) is 10.5 Å². The van der Waals surface area contributed by atoms with Crippen LogP contribution in [-0.2, 0) is 16.0 Å². The van der Waals surface area contributed by atoms with E-state index in [1.807, 2.05) is 83.9 Å². The molecule has 1 saturated heterocycles. The molecule has 4 rings (SSSR count). The van der Waals surface area contributed by atoms with Crippen LogP contribution in [0.25, 0.3) is 11.1 Å². The van der Waals surface area contributed by atoms with E-state index >= 15 is 0 Å². The van der Waals surface area contributed by atoms with Crippen molar-refractivity contribution in [1.29, 1.82) is 0 Å². The molecule has 2 amide bonds. The first kappa shape index (κ1) is 32.0. The molecule has 1 fully saturated rings. The predicted octanol–water partition coefficient (Wildman–Crippen LogP) is 6.68. The van der Waals surface area contributed by atoms with E-state index in [0.717, 1.165) is 79.7 Å². The smallest absolute Gasteiger partial charge is 0.429 e. The molecule has 0 spiro atoms. The maximum absolute atomic E-state index is 13.7. The molecule has 3 aromatic rings. The normalized spacial score (nSPS) is 13.3. The fraction of sp³-hybridized carbons (Fsp3) is 0.400. The van der Waals surface area contributed by atoms with Crippen molar-refractivity contribution in [2.45, 2.75) is 51.9 Å². The summed E-state index contributed by atoms with van der Waals surface area (Å²) in [6.07, 6.45) is 7.47. The van der Waals surface area contributed by atoms with Gasteiger partial charge in [0.05, 0.1) is 19.2 Å². The largest absolute Gasteiger partial charge is 0.497 e. The summed E-state index contributed by atoms with van der Waals surface area (Å²) in [5.41, 5.74) is 7.22. The number of hydrazine groups is 2. The Labute approximate surface area is 256 Å². The summed E-state index contributed by atoms with van der Waals surface area (Å²) in [4.78, 5) is 26.9. The number of carbonyl (C=O) groups excluding carboxylic acids is 2. The van der Waals surface area contributed by atoms with Gasteiger partial charge in [-0.2, -0.15) is 0 Å². The number of hydrogen-bond donors (Lipinski definition) is 1. The van der Waals surface area contributed by atoms with Gasteiger partial charge in [-0.25, -0.2) is 20.2 Å². The lowest BCUT2D eigenvalue weighted by atomic mass is 10.0. The monoisotopic (exact) mass is 585 g/mol. The second-order valence-electron chi connectivity index (χ2n) is 10.6. The zero-order valence-corrected chi connectivity index (χ0v) is 25.5. The van der Waals surface area contributed by atoms with Gasteiger partial charge < -0.3 is 9.47 Å². The summed E-state index contributed by atoms with van der Waals surface area (Å²) in [5, 5.41) is 5.39. The average molecular weight is 586 g/mol. The lowest BCUT2D eigenvalue weighted by molar-refractivity contribution is -0.135. The van der Waals surface area contributed by atoms with Crippen LogP contribution in [0.2, 0.25) is 0 Å². The van der Waals surface area contributed by atoms with E-state index in [1.54, 1.807) is 17.1 Å². The highest BCUT2D eigenvalue weighted by molar-refractivity contribution is 5.93. The third-order valence-electron chi connectivity index (χ3n) is 7.56. The molecule has 0 atom stereocenters. The topological polar surface area (TPSA) is 74.3 Å². The Kier molecular flexibility index (Phi) is 12.9. The lowest BCUT2D eigenvalue weighted by Crippen LogP contribution is -2.50. The first-order valence-electron chi connectivity index (χ1n) is 15.5. The molecule has 8 nitrogen and oxygen atoms in total. The number of benzene rings is 3. The molecule has 1 heterocycles. The Hall–Kier alpha value is -3.88. The van der Waals surface area contributed by atoms with Crippen molar-refractivity contribution in [1.82, 2.24) is 15.4 Å². The molecule has 1 N–H and O–H groups in total. The van der Waals surface area contributed by atoms with Crippen LogP contribution in [0.5, 0.6) is 5.75 Å². The fourth-order valence-electron chi connectivity index (χ4n) is 5.18. The SMILES string of the molecule is CCCCCN(NCCc1ccc(OC)cc1)C(=O)CCOC(=O)N(c1ccccc1-c1ccccc1)N1CC[CH]CC1. The first-order valence-corrected chi connectivity index (χ1v) is 15.5. The van der Waals surface area contributed by atoms with Crippen LogP contribution in [-0.4, -0.2) is 61.9 Å². The minimum atomic E-state index is -0.469. The molecule has 229 valence electrons. The molecule has 0 aliphatic carbocycles. The van der Waals surface area contributed by atoms with Gasteiger partial charge in [-0.15, -0.1) is 0 Å². The number of para-hydroxylation sites is 1. The number of hydrogen-bond acceptors (Lipinski definition) is 6. The van der Waals surface area contributed by atoms with E-state index < -0.39 is 6.09 Å². The number of methoxy groups -OCH3 is 1. The first-order chi connectivity index (χ1) is 21.1. The average Bonchev–Trinajstić information content (AvgIpc) is 3.05. The third kappa shape index (κ3) is 9.56. The Bertz CT molecular complexity index is 1260. The van der Waals surface area contributed by atoms with E-state index in [0.29, 0.717) is 13.1 Å². The van der Waals surface area contributed by atoms with Crippen molar-refractivity contribution in [3.8, 4) is 16.9 Å². The number of ether oxygens (including phenoxy) is 2. The van der Waals surface area contributed by atoms with Crippen molar-refractivity contribution in [3.05, 3.63) is 90.8 Å². The number of piperidine rings is 1. The Balaban J connectivity index is 1.39. The molecule has 1 aliphatic heterocycles. The maximum Gasteiger partial charge on any atom is 0.429 e. The zero-order chi connectivity index (χ0) is 30.3. The summed E-state index contributed by atoms with van der Waals surface area (Å²) < 4.78 is 11.0. The minimum Gasteiger partial charge on any atom is -0.497 e.